The third-order valence-electron chi connectivity index (χ3n) is 4.63. The lowest BCUT2D eigenvalue weighted by Gasteiger charge is -2.17. The molecule has 1 N–H and O–H groups in total. The molecule has 0 saturated carbocycles. The van der Waals surface area contributed by atoms with E-state index in [4.69, 9.17) is 9.47 Å². The van der Waals surface area contributed by atoms with Gasteiger partial charge in [-0.3, -0.25) is 4.79 Å². The number of rotatable bonds is 7. The lowest BCUT2D eigenvalue weighted by molar-refractivity contribution is -0.118. The van der Waals surface area contributed by atoms with Crippen molar-refractivity contribution in [3.63, 3.8) is 0 Å². The standard InChI is InChI=1S/C22H27NO3S2/c1-14(2)17-7-5-6-15(3)21(17)23-20(24)13-26-18-9-8-16(12-19(18)25-4)22-27-10-11-28-22/h5-9,12,14,22H,10-11,13H2,1-4H3,(H,23,24). The number of amides is 1. The van der Waals surface area contributed by atoms with E-state index in [0.717, 1.165) is 16.8 Å². The number of anilines is 1. The molecule has 0 bridgehead atoms. The van der Waals surface area contributed by atoms with E-state index in [0.29, 0.717) is 22.0 Å². The molecule has 2 aromatic carbocycles. The molecule has 6 heteroatoms. The van der Waals surface area contributed by atoms with E-state index in [1.165, 1.54) is 17.1 Å². The molecular formula is C22H27NO3S2. The number of hydrogen-bond acceptors (Lipinski definition) is 5. The van der Waals surface area contributed by atoms with Crippen molar-refractivity contribution in [3.8, 4) is 11.5 Å². The van der Waals surface area contributed by atoms with Crippen LogP contribution in [0, 0.1) is 6.92 Å². The highest BCUT2D eigenvalue weighted by atomic mass is 32.2. The Kier molecular flexibility index (Phi) is 7.18. The molecule has 1 saturated heterocycles. The summed E-state index contributed by atoms with van der Waals surface area (Å²) in [5.74, 6) is 3.75. The predicted octanol–water partition coefficient (Wildman–Crippen LogP) is 5.62. The molecule has 1 fully saturated rings. The Morgan fingerprint density at radius 1 is 1.18 bits per heavy atom. The van der Waals surface area contributed by atoms with Crippen molar-refractivity contribution in [2.75, 3.05) is 30.5 Å². The summed E-state index contributed by atoms with van der Waals surface area (Å²) in [7, 11) is 1.63. The van der Waals surface area contributed by atoms with Crippen molar-refractivity contribution in [3.05, 3.63) is 53.1 Å². The second kappa shape index (κ2) is 9.61. The van der Waals surface area contributed by atoms with Crippen LogP contribution in [0.3, 0.4) is 0 Å². The first-order valence-electron chi connectivity index (χ1n) is 9.43. The first-order chi connectivity index (χ1) is 13.5. The smallest absolute Gasteiger partial charge is 0.262 e. The summed E-state index contributed by atoms with van der Waals surface area (Å²) in [4.78, 5) is 12.5. The van der Waals surface area contributed by atoms with E-state index in [1.807, 2.05) is 54.7 Å². The summed E-state index contributed by atoms with van der Waals surface area (Å²) in [5.41, 5.74) is 4.28. The predicted molar refractivity (Wildman–Crippen MR) is 120 cm³/mol. The summed E-state index contributed by atoms with van der Waals surface area (Å²) in [6, 6.07) is 12.0. The van der Waals surface area contributed by atoms with E-state index in [-0.39, 0.29) is 12.5 Å². The minimum Gasteiger partial charge on any atom is -0.493 e. The molecule has 3 rings (SSSR count). The molecule has 0 aromatic heterocycles. The molecule has 2 aromatic rings. The molecule has 1 aliphatic rings. The normalized spacial score (nSPS) is 14.3. The van der Waals surface area contributed by atoms with Gasteiger partial charge in [-0.1, -0.05) is 38.1 Å². The molecule has 28 heavy (non-hydrogen) atoms. The third-order valence-corrected chi connectivity index (χ3v) is 7.74. The van der Waals surface area contributed by atoms with Gasteiger partial charge in [-0.05, 0) is 41.7 Å². The maximum absolute atomic E-state index is 12.5. The van der Waals surface area contributed by atoms with E-state index in [1.54, 1.807) is 7.11 Å². The average Bonchev–Trinajstić information content (AvgIpc) is 3.22. The Morgan fingerprint density at radius 2 is 1.93 bits per heavy atom. The number of aryl methyl sites for hydroxylation is 1. The lowest BCUT2D eigenvalue weighted by atomic mass is 9.98. The lowest BCUT2D eigenvalue weighted by Crippen LogP contribution is -2.22. The highest BCUT2D eigenvalue weighted by molar-refractivity contribution is 8.19. The largest absolute Gasteiger partial charge is 0.493 e. The minimum atomic E-state index is -0.177. The van der Waals surface area contributed by atoms with E-state index in [2.05, 4.69) is 31.3 Å². The van der Waals surface area contributed by atoms with Gasteiger partial charge >= 0.3 is 0 Å². The third kappa shape index (κ3) is 4.97. The second-order valence-corrected chi connectivity index (χ2v) is 9.74. The zero-order valence-corrected chi connectivity index (χ0v) is 18.4. The van der Waals surface area contributed by atoms with Crippen LogP contribution >= 0.6 is 23.5 Å². The first-order valence-corrected chi connectivity index (χ1v) is 11.5. The van der Waals surface area contributed by atoms with Gasteiger partial charge in [-0.25, -0.2) is 0 Å². The van der Waals surface area contributed by atoms with Gasteiger partial charge in [0.25, 0.3) is 5.91 Å². The van der Waals surface area contributed by atoms with Crippen LogP contribution in [0.4, 0.5) is 5.69 Å². The number of hydrogen-bond donors (Lipinski definition) is 1. The van der Waals surface area contributed by atoms with Crippen LogP contribution in [0.5, 0.6) is 11.5 Å². The highest BCUT2D eigenvalue weighted by Crippen LogP contribution is 2.46. The van der Waals surface area contributed by atoms with Gasteiger partial charge in [-0.2, -0.15) is 0 Å². The van der Waals surface area contributed by atoms with Crippen molar-refractivity contribution < 1.29 is 14.3 Å². The van der Waals surface area contributed by atoms with Crippen molar-refractivity contribution in [1.82, 2.24) is 0 Å². The van der Waals surface area contributed by atoms with Crippen LogP contribution in [0.15, 0.2) is 36.4 Å². The van der Waals surface area contributed by atoms with E-state index >= 15 is 0 Å². The molecule has 1 aliphatic heterocycles. The number of ether oxygens (including phenoxy) is 2. The topological polar surface area (TPSA) is 47.6 Å². The van der Waals surface area contributed by atoms with Gasteiger partial charge in [0.15, 0.2) is 18.1 Å². The first kappa shape index (κ1) is 20.9. The maximum atomic E-state index is 12.5. The zero-order valence-electron chi connectivity index (χ0n) is 16.8. The Hall–Kier alpha value is -1.79. The Labute approximate surface area is 175 Å². The molecule has 0 unspecified atom stereocenters. The monoisotopic (exact) mass is 417 g/mol. The maximum Gasteiger partial charge on any atom is 0.262 e. The quantitative estimate of drug-likeness (QED) is 0.633. The molecule has 1 heterocycles. The summed E-state index contributed by atoms with van der Waals surface area (Å²) < 4.78 is 11.7. The van der Waals surface area contributed by atoms with Crippen molar-refractivity contribution >= 4 is 35.1 Å². The van der Waals surface area contributed by atoms with Crippen LogP contribution in [-0.2, 0) is 4.79 Å². The molecule has 0 radical (unpaired) electrons. The molecule has 150 valence electrons. The molecule has 0 atom stereocenters. The van der Waals surface area contributed by atoms with Gasteiger partial charge in [0, 0.05) is 17.2 Å². The van der Waals surface area contributed by atoms with Crippen LogP contribution < -0.4 is 14.8 Å². The minimum absolute atomic E-state index is 0.0610. The van der Waals surface area contributed by atoms with E-state index < -0.39 is 0 Å². The second-order valence-electron chi connectivity index (χ2n) is 7.01. The molecule has 1 amide bonds. The van der Waals surface area contributed by atoms with Crippen LogP contribution in [0.2, 0.25) is 0 Å². The number of methoxy groups -OCH3 is 1. The van der Waals surface area contributed by atoms with Crippen LogP contribution in [-0.4, -0.2) is 31.1 Å². The van der Waals surface area contributed by atoms with E-state index in [9.17, 15) is 4.79 Å². The fraction of sp³-hybridized carbons (Fsp3) is 0.409. The summed E-state index contributed by atoms with van der Waals surface area (Å²) >= 11 is 3.89. The van der Waals surface area contributed by atoms with Gasteiger partial charge in [0.2, 0.25) is 0 Å². The van der Waals surface area contributed by atoms with Crippen molar-refractivity contribution in [1.29, 1.82) is 0 Å². The molecule has 0 spiro atoms. The fourth-order valence-corrected chi connectivity index (χ4v) is 6.00. The fourth-order valence-electron chi connectivity index (χ4n) is 3.16. The SMILES string of the molecule is COc1cc(C2SCCS2)ccc1OCC(=O)Nc1c(C)cccc1C(C)C. The van der Waals surface area contributed by atoms with Crippen molar-refractivity contribution in [2.45, 2.75) is 31.3 Å². The number of thioether (sulfide) groups is 2. The number of nitrogens with one attached hydrogen (secondary N) is 1. The Balaban J connectivity index is 1.66. The van der Waals surface area contributed by atoms with Crippen molar-refractivity contribution in [2.24, 2.45) is 0 Å². The number of para-hydroxylation sites is 1. The Morgan fingerprint density at radius 3 is 2.61 bits per heavy atom. The summed E-state index contributed by atoms with van der Waals surface area (Å²) in [5, 5.41) is 3.01. The van der Waals surface area contributed by atoms with Crippen LogP contribution in [0.25, 0.3) is 0 Å². The summed E-state index contributed by atoms with van der Waals surface area (Å²) in [6.07, 6.45) is 0. The van der Waals surface area contributed by atoms with Gasteiger partial charge in [0.05, 0.1) is 11.7 Å². The average molecular weight is 418 g/mol. The highest BCUT2D eigenvalue weighted by Gasteiger charge is 2.20. The number of carbonyl (C=O) groups is 1. The molecular weight excluding hydrogens is 390 g/mol. The zero-order chi connectivity index (χ0) is 20.1. The van der Waals surface area contributed by atoms with Gasteiger partial charge < -0.3 is 14.8 Å². The van der Waals surface area contributed by atoms with Gasteiger partial charge in [-0.15, -0.1) is 23.5 Å². The molecule has 0 aliphatic carbocycles. The Bertz CT molecular complexity index is 833. The van der Waals surface area contributed by atoms with Crippen LogP contribution in [0.1, 0.15) is 41.0 Å². The number of carbonyl (C=O) groups excluding carboxylic acids is 1. The summed E-state index contributed by atoms with van der Waals surface area (Å²) in [6.45, 7) is 6.18. The molecule has 4 nitrogen and oxygen atoms in total. The number of benzene rings is 2. The van der Waals surface area contributed by atoms with Gasteiger partial charge in [0.1, 0.15) is 0 Å².